The minimum Gasteiger partial charge on any atom is -0.331 e. The highest BCUT2D eigenvalue weighted by molar-refractivity contribution is 7.98. The molecule has 1 aromatic rings. The van der Waals surface area contributed by atoms with Crippen molar-refractivity contribution in [2.75, 3.05) is 18.1 Å². The first kappa shape index (κ1) is 15.9. The Balaban J connectivity index is 2.04. The molecule has 4 nitrogen and oxygen atoms in total. The highest BCUT2D eigenvalue weighted by Crippen LogP contribution is 2.21. The second-order valence-electron chi connectivity index (χ2n) is 5.17. The lowest BCUT2D eigenvalue weighted by Crippen LogP contribution is -2.49. The molecule has 1 aliphatic rings. The number of carbonyl (C=O) groups excluding carboxylic acids is 2. The van der Waals surface area contributed by atoms with Gasteiger partial charge in [0.2, 0.25) is 11.8 Å². The molecule has 1 saturated heterocycles. The molecule has 2 amide bonds. The van der Waals surface area contributed by atoms with Crippen molar-refractivity contribution >= 4 is 29.3 Å². The maximum atomic E-state index is 12.4. The van der Waals surface area contributed by atoms with Crippen molar-refractivity contribution in [1.29, 1.82) is 0 Å². The predicted molar refractivity (Wildman–Crippen MR) is 86.5 cm³/mol. The number of piperidine rings is 1. The summed E-state index contributed by atoms with van der Waals surface area (Å²) in [5.74, 6) is -0.0130. The number of hydrogen-bond acceptors (Lipinski definition) is 3. The number of amides is 2. The van der Waals surface area contributed by atoms with Gasteiger partial charge in [0.1, 0.15) is 6.04 Å². The molecule has 1 unspecified atom stereocenters. The number of nitrogens with one attached hydrogen (secondary N) is 1. The molecular formula is C16H22N2O2S. The summed E-state index contributed by atoms with van der Waals surface area (Å²) in [4.78, 5) is 27.3. The number of benzene rings is 1. The third-order valence-corrected chi connectivity index (χ3v) is 4.53. The molecule has 21 heavy (non-hydrogen) atoms. The Morgan fingerprint density at radius 2 is 2.00 bits per heavy atom. The van der Waals surface area contributed by atoms with Gasteiger partial charge in [-0.25, -0.2) is 0 Å². The molecule has 1 N–H and O–H groups in total. The lowest BCUT2D eigenvalue weighted by molar-refractivity contribution is -0.140. The highest BCUT2D eigenvalue weighted by atomic mass is 32.2. The van der Waals surface area contributed by atoms with E-state index < -0.39 is 0 Å². The summed E-state index contributed by atoms with van der Waals surface area (Å²) in [6.07, 6.45) is 5.20. The Bertz CT molecular complexity index is 502. The first-order valence-corrected chi connectivity index (χ1v) is 8.62. The molecule has 2 rings (SSSR count). The first-order chi connectivity index (χ1) is 10.2. The molecular weight excluding hydrogens is 284 g/mol. The van der Waals surface area contributed by atoms with Crippen molar-refractivity contribution in [3.8, 4) is 0 Å². The van der Waals surface area contributed by atoms with Crippen molar-refractivity contribution in [3.05, 3.63) is 24.3 Å². The van der Waals surface area contributed by atoms with E-state index in [9.17, 15) is 9.59 Å². The van der Waals surface area contributed by atoms with Crippen LogP contribution < -0.4 is 5.32 Å². The molecule has 0 saturated carbocycles. The Labute approximate surface area is 130 Å². The number of carbonyl (C=O) groups is 2. The quantitative estimate of drug-likeness (QED) is 0.869. The molecule has 0 aliphatic carbocycles. The van der Waals surface area contributed by atoms with E-state index in [0.29, 0.717) is 13.0 Å². The Hall–Kier alpha value is -1.49. The fraction of sp³-hybridized carbons (Fsp3) is 0.500. The zero-order valence-electron chi connectivity index (χ0n) is 12.6. The number of hydrogen-bond donors (Lipinski definition) is 1. The molecule has 0 aromatic heterocycles. The molecule has 114 valence electrons. The van der Waals surface area contributed by atoms with Crippen molar-refractivity contribution in [2.45, 2.75) is 43.5 Å². The first-order valence-electron chi connectivity index (χ1n) is 7.40. The normalized spacial score (nSPS) is 18.4. The second kappa shape index (κ2) is 7.50. The SMILES string of the molecule is CCC(=O)N1CCCCC1C(=O)Nc1ccc(SC)cc1. The van der Waals surface area contributed by atoms with Crippen LogP contribution in [-0.4, -0.2) is 35.6 Å². The third kappa shape index (κ3) is 4.00. The summed E-state index contributed by atoms with van der Waals surface area (Å²) >= 11 is 1.67. The lowest BCUT2D eigenvalue weighted by atomic mass is 10.0. The van der Waals surface area contributed by atoms with Gasteiger partial charge in [0.15, 0.2) is 0 Å². The van der Waals surface area contributed by atoms with Crippen molar-refractivity contribution in [2.24, 2.45) is 0 Å². The van der Waals surface area contributed by atoms with E-state index >= 15 is 0 Å². The van der Waals surface area contributed by atoms with Crippen LogP contribution in [-0.2, 0) is 9.59 Å². The number of likely N-dealkylation sites (tertiary alicyclic amines) is 1. The summed E-state index contributed by atoms with van der Waals surface area (Å²) in [6, 6.07) is 7.44. The van der Waals surface area contributed by atoms with Crippen LogP contribution in [0.2, 0.25) is 0 Å². The minimum absolute atomic E-state index is 0.0626. The second-order valence-corrected chi connectivity index (χ2v) is 6.05. The molecule has 1 heterocycles. The van der Waals surface area contributed by atoms with Gasteiger partial charge in [0.25, 0.3) is 0 Å². The van der Waals surface area contributed by atoms with Gasteiger partial charge in [-0.2, -0.15) is 0 Å². The van der Waals surface area contributed by atoms with Crippen LogP contribution in [0.15, 0.2) is 29.2 Å². The maximum absolute atomic E-state index is 12.4. The molecule has 0 radical (unpaired) electrons. The van der Waals surface area contributed by atoms with Gasteiger partial charge in [-0.15, -0.1) is 11.8 Å². The summed E-state index contributed by atoms with van der Waals surface area (Å²) < 4.78 is 0. The molecule has 1 aromatic carbocycles. The van der Waals surface area contributed by atoms with Crippen LogP contribution in [0, 0.1) is 0 Å². The van der Waals surface area contributed by atoms with E-state index in [2.05, 4.69) is 5.32 Å². The van der Waals surface area contributed by atoms with Gasteiger partial charge in [-0.1, -0.05) is 6.92 Å². The standard InChI is InChI=1S/C16H22N2O2S/c1-3-15(19)18-11-5-4-6-14(18)16(20)17-12-7-9-13(21-2)10-8-12/h7-10,14H,3-6,11H2,1-2H3,(H,17,20). The topological polar surface area (TPSA) is 49.4 Å². The van der Waals surface area contributed by atoms with Gasteiger partial charge in [-0.3, -0.25) is 9.59 Å². The minimum atomic E-state index is -0.327. The van der Waals surface area contributed by atoms with Gasteiger partial charge in [-0.05, 0) is 49.8 Å². The van der Waals surface area contributed by atoms with Crippen LogP contribution in [0.4, 0.5) is 5.69 Å². The molecule has 0 spiro atoms. The summed E-state index contributed by atoms with van der Waals surface area (Å²) in [5, 5.41) is 2.93. The zero-order chi connectivity index (χ0) is 15.2. The van der Waals surface area contributed by atoms with E-state index in [0.717, 1.165) is 29.8 Å². The Morgan fingerprint density at radius 3 is 2.62 bits per heavy atom. The van der Waals surface area contributed by atoms with Gasteiger partial charge in [0.05, 0.1) is 0 Å². The zero-order valence-corrected chi connectivity index (χ0v) is 13.4. The van der Waals surface area contributed by atoms with E-state index in [1.165, 1.54) is 0 Å². The van der Waals surface area contributed by atoms with Crippen LogP contribution in [0.25, 0.3) is 0 Å². The largest absolute Gasteiger partial charge is 0.331 e. The van der Waals surface area contributed by atoms with Crippen LogP contribution in [0.1, 0.15) is 32.6 Å². The fourth-order valence-corrected chi connectivity index (χ4v) is 3.01. The maximum Gasteiger partial charge on any atom is 0.247 e. The number of thioether (sulfide) groups is 1. The number of rotatable bonds is 4. The number of anilines is 1. The van der Waals surface area contributed by atoms with Crippen molar-refractivity contribution < 1.29 is 9.59 Å². The van der Waals surface area contributed by atoms with Gasteiger partial charge in [0, 0.05) is 23.5 Å². The summed E-state index contributed by atoms with van der Waals surface area (Å²) in [5.41, 5.74) is 0.785. The Kier molecular flexibility index (Phi) is 5.67. The molecule has 5 heteroatoms. The van der Waals surface area contributed by atoms with Gasteiger partial charge >= 0.3 is 0 Å². The Morgan fingerprint density at radius 1 is 1.29 bits per heavy atom. The monoisotopic (exact) mass is 306 g/mol. The predicted octanol–water partition coefficient (Wildman–Crippen LogP) is 3.14. The average Bonchev–Trinajstić information content (AvgIpc) is 2.54. The molecule has 1 fully saturated rings. The summed E-state index contributed by atoms with van der Waals surface area (Å²) in [6.45, 7) is 2.53. The molecule has 0 bridgehead atoms. The van der Waals surface area contributed by atoms with Crippen molar-refractivity contribution in [3.63, 3.8) is 0 Å². The third-order valence-electron chi connectivity index (χ3n) is 3.79. The van der Waals surface area contributed by atoms with E-state index in [4.69, 9.17) is 0 Å². The van der Waals surface area contributed by atoms with E-state index in [1.54, 1.807) is 16.7 Å². The summed E-state index contributed by atoms with van der Waals surface area (Å²) in [7, 11) is 0. The molecule has 1 atom stereocenters. The van der Waals surface area contributed by atoms with E-state index in [-0.39, 0.29) is 17.9 Å². The van der Waals surface area contributed by atoms with Gasteiger partial charge < -0.3 is 10.2 Å². The van der Waals surface area contributed by atoms with Crippen molar-refractivity contribution in [1.82, 2.24) is 4.90 Å². The number of nitrogens with zero attached hydrogens (tertiary/aromatic N) is 1. The smallest absolute Gasteiger partial charge is 0.247 e. The lowest BCUT2D eigenvalue weighted by Gasteiger charge is -2.34. The molecule has 1 aliphatic heterocycles. The van der Waals surface area contributed by atoms with Crippen LogP contribution in [0.5, 0.6) is 0 Å². The average molecular weight is 306 g/mol. The highest BCUT2D eigenvalue weighted by Gasteiger charge is 2.31. The fourth-order valence-electron chi connectivity index (χ4n) is 2.61. The van der Waals surface area contributed by atoms with Crippen LogP contribution >= 0.6 is 11.8 Å². The van der Waals surface area contributed by atoms with Crippen LogP contribution in [0.3, 0.4) is 0 Å². The van der Waals surface area contributed by atoms with E-state index in [1.807, 2.05) is 37.4 Å².